The highest BCUT2D eigenvalue weighted by atomic mass is 32.2. The van der Waals surface area contributed by atoms with E-state index >= 15 is 0 Å². The minimum Gasteiger partial charge on any atom is -0.497 e. The van der Waals surface area contributed by atoms with E-state index in [4.69, 9.17) is 14.5 Å². The monoisotopic (exact) mass is 458 g/mol. The summed E-state index contributed by atoms with van der Waals surface area (Å²) in [6.07, 6.45) is 4.65. The molecule has 0 saturated carbocycles. The summed E-state index contributed by atoms with van der Waals surface area (Å²) in [6, 6.07) is 7.98. The second-order valence-corrected chi connectivity index (χ2v) is 10.1. The number of ether oxygens (including phenoxy) is 2. The van der Waals surface area contributed by atoms with Crippen LogP contribution in [-0.4, -0.2) is 39.6 Å². The zero-order valence-electron chi connectivity index (χ0n) is 18.4. The Morgan fingerprint density at radius 3 is 2.81 bits per heavy atom. The van der Waals surface area contributed by atoms with Gasteiger partial charge in [-0.25, -0.2) is 4.98 Å². The van der Waals surface area contributed by atoms with Gasteiger partial charge < -0.3 is 9.47 Å². The molecular weight excluding hydrogens is 428 g/mol. The first-order valence-corrected chi connectivity index (χ1v) is 12.7. The molecule has 0 bridgehead atoms. The van der Waals surface area contributed by atoms with Gasteiger partial charge in [0.15, 0.2) is 11.0 Å². The van der Waals surface area contributed by atoms with Crippen molar-refractivity contribution < 1.29 is 9.47 Å². The Morgan fingerprint density at radius 2 is 2.10 bits per heavy atom. The maximum absolute atomic E-state index is 5.90. The minimum atomic E-state index is 0.217. The third-order valence-electron chi connectivity index (χ3n) is 5.36. The highest BCUT2D eigenvalue weighted by molar-refractivity contribution is 7.98. The summed E-state index contributed by atoms with van der Waals surface area (Å²) >= 11 is 3.46. The number of methoxy groups -OCH3 is 1. The molecule has 0 spiro atoms. The van der Waals surface area contributed by atoms with Gasteiger partial charge in [0.2, 0.25) is 0 Å². The fourth-order valence-corrected chi connectivity index (χ4v) is 5.35. The minimum absolute atomic E-state index is 0.217. The van der Waals surface area contributed by atoms with Crippen molar-refractivity contribution in [2.24, 2.45) is 5.92 Å². The van der Waals surface area contributed by atoms with Crippen molar-refractivity contribution in [2.45, 2.75) is 63.1 Å². The fourth-order valence-electron chi connectivity index (χ4n) is 3.59. The van der Waals surface area contributed by atoms with Crippen LogP contribution in [0, 0.1) is 5.92 Å². The number of thioether (sulfide) groups is 1. The fraction of sp³-hybridized carbons (Fsp3) is 0.522. The van der Waals surface area contributed by atoms with Crippen LogP contribution < -0.4 is 4.74 Å². The third kappa shape index (κ3) is 5.87. The summed E-state index contributed by atoms with van der Waals surface area (Å²) in [4.78, 5) is 4.82. The number of aromatic nitrogens is 4. The van der Waals surface area contributed by atoms with Crippen LogP contribution in [0.4, 0.5) is 0 Å². The molecule has 0 N–H and O–H groups in total. The number of hydrogen-bond donors (Lipinski definition) is 0. The van der Waals surface area contributed by atoms with Crippen molar-refractivity contribution in [3.05, 3.63) is 40.3 Å². The van der Waals surface area contributed by atoms with Crippen LogP contribution in [0.25, 0.3) is 11.4 Å². The quantitative estimate of drug-likeness (QED) is 0.375. The molecule has 4 rings (SSSR count). The summed E-state index contributed by atoms with van der Waals surface area (Å²) in [7, 11) is 1.68. The average Bonchev–Trinajstić information content (AvgIpc) is 3.53. The SMILES string of the molecule is COc1ccc(-c2nnc(SCc3csc(CCC(C)C)n3)n2CC2CCCO2)cc1. The molecule has 1 aliphatic heterocycles. The largest absolute Gasteiger partial charge is 0.497 e. The molecule has 0 amide bonds. The molecule has 1 atom stereocenters. The van der Waals surface area contributed by atoms with Crippen LogP contribution in [0.1, 0.15) is 43.8 Å². The standard InChI is InChI=1S/C23H30N4O2S2/c1-16(2)6-11-21-24-18(14-30-21)15-31-23-26-25-22(17-7-9-19(28-3)10-8-17)27(23)13-20-5-4-12-29-20/h7-10,14,16,20H,4-6,11-13,15H2,1-3H3. The maximum atomic E-state index is 5.90. The summed E-state index contributed by atoms with van der Waals surface area (Å²) in [5.41, 5.74) is 2.15. The molecule has 31 heavy (non-hydrogen) atoms. The average molecular weight is 459 g/mol. The van der Waals surface area contributed by atoms with E-state index < -0.39 is 0 Å². The Balaban J connectivity index is 1.50. The molecule has 1 aromatic carbocycles. The van der Waals surface area contributed by atoms with Gasteiger partial charge in [-0.05, 0) is 55.9 Å². The van der Waals surface area contributed by atoms with E-state index in [9.17, 15) is 0 Å². The Hall–Kier alpha value is -1.90. The lowest BCUT2D eigenvalue weighted by atomic mass is 10.1. The van der Waals surface area contributed by atoms with Crippen LogP contribution >= 0.6 is 23.1 Å². The molecule has 0 radical (unpaired) electrons. The third-order valence-corrected chi connectivity index (χ3v) is 7.32. The van der Waals surface area contributed by atoms with Gasteiger partial charge in [0, 0.05) is 23.3 Å². The van der Waals surface area contributed by atoms with Crippen molar-refractivity contribution in [3.8, 4) is 17.1 Å². The Kier molecular flexibility index (Phi) is 7.63. The Bertz CT molecular complexity index is 962. The van der Waals surface area contributed by atoms with Crippen molar-refractivity contribution in [1.29, 1.82) is 0 Å². The molecule has 0 aliphatic carbocycles. The van der Waals surface area contributed by atoms with Crippen molar-refractivity contribution >= 4 is 23.1 Å². The van der Waals surface area contributed by atoms with Crippen LogP contribution in [-0.2, 0) is 23.5 Å². The topological polar surface area (TPSA) is 62.1 Å². The number of rotatable bonds is 10. The number of hydrogen-bond acceptors (Lipinski definition) is 7. The molecule has 3 aromatic rings. The van der Waals surface area contributed by atoms with Crippen LogP contribution in [0.2, 0.25) is 0 Å². The van der Waals surface area contributed by atoms with E-state index in [0.717, 1.165) is 66.2 Å². The van der Waals surface area contributed by atoms with Crippen molar-refractivity contribution in [2.75, 3.05) is 13.7 Å². The number of thiazole rings is 1. The summed E-state index contributed by atoms with van der Waals surface area (Å²) < 4.78 is 13.4. The predicted molar refractivity (Wildman–Crippen MR) is 126 cm³/mol. The number of aryl methyl sites for hydroxylation is 1. The van der Waals surface area contributed by atoms with Crippen molar-refractivity contribution in [3.63, 3.8) is 0 Å². The molecule has 1 saturated heterocycles. The summed E-state index contributed by atoms with van der Waals surface area (Å²) in [5, 5.41) is 13.4. The van der Waals surface area contributed by atoms with Gasteiger partial charge in [0.05, 0.1) is 30.5 Å². The smallest absolute Gasteiger partial charge is 0.191 e. The Labute approximate surface area is 192 Å². The van der Waals surface area contributed by atoms with E-state index in [2.05, 4.69) is 34.0 Å². The van der Waals surface area contributed by atoms with Gasteiger partial charge in [-0.1, -0.05) is 25.6 Å². The molecule has 1 aliphatic rings. The van der Waals surface area contributed by atoms with Crippen LogP contribution in [0.3, 0.4) is 0 Å². The highest BCUT2D eigenvalue weighted by Gasteiger charge is 2.22. The molecular formula is C23H30N4O2S2. The van der Waals surface area contributed by atoms with Gasteiger partial charge in [-0.15, -0.1) is 21.5 Å². The second kappa shape index (κ2) is 10.6. The molecule has 2 aromatic heterocycles. The van der Waals surface area contributed by atoms with Gasteiger partial charge in [-0.2, -0.15) is 0 Å². The first-order chi connectivity index (χ1) is 15.1. The van der Waals surface area contributed by atoms with Gasteiger partial charge in [0.25, 0.3) is 0 Å². The molecule has 3 heterocycles. The molecule has 1 unspecified atom stereocenters. The van der Waals surface area contributed by atoms with E-state index in [1.807, 2.05) is 24.3 Å². The lowest BCUT2D eigenvalue weighted by molar-refractivity contribution is 0.0953. The normalized spacial score (nSPS) is 16.3. The zero-order chi connectivity index (χ0) is 21.6. The summed E-state index contributed by atoms with van der Waals surface area (Å²) in [6.45, 7) is 6.12. The summed E-state index contributed by atoms with van der Waals surface area (Å²) in [5.74, 6) is 3.20. The lowest BCUT2D eigenvalue weighted by Gasteiger charge is -2.14. The highest BCUT2D eigenvalue weighted by Crippen LogP contribution is 2.29. The maximum Gasteiger partial charge on any atom is 0.191 e. The first-order valence-electron chi connectivity index (χ1n) is 10.9. The first kappa shape index (κ1) is 22.3. The lowest BCUT2D eigenvalue weighted by Crippen LogP contribution is -2.16. The van der Waals surface area contributed by atoms with Gasteiger partial charge in [0.1, 0.15) is 5.75 Å². The van der Waals surface area contributed by atoms with E-state index in [1.54, 1.807) is 30.2 Å². The van der Waals surface area contributed by atoms with E-state index in [0.29, 0.717) is 5.92 Å². The zero-order valence-corrected chi connectivity index (χ0v) is 20.0. The molecule has 8 heteroatoms. The van der Waals surface area contributed by atoms with Gasteiger partial charge >= 0.3 is 0 Å². The second-order valence-electron chi connectivity index (χ2n) is 8.23. The molecule has 166 valence electrons. The Morgan fingerprint density at radius 1 is 1.26 bits per heavy atom. The van der Waals surface area contributed by atoms with E-state index in [1.165, 1.54) is 11.4 Å². The predicted octanol–water partition coefficient (Wildman–Crippen LogP) is 5.47. The van der Waals surface area contributed by atoms with Crippen molar-refractivity contribution in [1.82, 2.24) is 19.7 Å². The molecule has 1 fully saturated rings. The van der Waals surface area contributed by atoms with Crippen LogP contribution in [0.15, 0.2) is 34.8 Å². The number of benzene rings is 1. The molecule has 6 nitrogen and oxygen atoms in total. The van der Waals surface area contributed by atoms with Crippen LogP contribution in [0.5, 0.6) is 5.75 Å². The number of nitrogens with zero attached hydrogens (tertiary/aromatic N) is 4. The van der Waals surface area contributed by atoms with Gasteiger partial charge in [-0.3, -0.25) is 4.57 Å². The van der Waals surface area contributed by atoms with E-state index in [-0.39, 0.29) is 6.10 Å².